The molecular weight excluding hydrogens is 321 g/mol. The van der Waals surface area contributed by atoms with Crippen LogP contribution in [0.15, 0.2) is 0 Å². The second-order valence-electron chi connectivity index (χ2n) is 0. The van der Waals surface area contributed by atoms with Gasteiger partial charge >= 0.3 is 0 Å². The Hall–Kier alpha value is 4.38. The standard InChI is InChI=1S/2Al.3Y. The Morgan fingerprint density at radius 3 is 0.400 bits per heavy atom. The van der Waals surface area contributed by atoms with Crippen LogP contribution in [-0.4, -0.2) is 34.7 Å². The van der Waals surface area contributed by atoms with Crippen molar-refractivity contribution in [2.24, 2.45) is 0 Å². The van der Waals surface area contributed by atoms with Crippen LogP contribution < -0.4 is 0 Å². The first-order chi connectivity index (χ1) is 0. The van der Waals surface area contributed by atoms with Crippen molar-refractivity contribution in [2.75, 3.05) is 0 Å². The van der Waals surface area contributed by atoms with E-state index in [2.05, 4.69) is 0 Å². The molecule has 9 radical (unpaired) electrons. The van der Waals surface area contributed by atoms with E-state index < -0.39 is 0 Å². The third-order valence-electron chi connectivity index (χ3n) is 0. The van der Waals surface area contributed by atoms with Crippen LogP contribution in [0.25, 0.3) is 0 Å². The fraction of sp³-hybridized carbons (Fsp3) is 0. The molecule has 0 bridgehead atoms. The summed E-state index contributed by atoms with van der Waals surface area (Å²) in [5.74, 6) is 0. The molecule has 0 amide bonds. The van der Waals surface area contributed by atoms with Crippen LogP contribution >= 0.6 is 0 Å². The molecule has 0 aromatic carbocycles. The topological polar surface area (TPSA) is 0 Å². The maximum absolute atomic E-state index is 0. The van der Waals surface area contributed by atoms with E-state index in [0.29, 0.717) is 0 Å². The minimum Gasteiger partial charge on any atom is 0 e. The zero-order chi connectivity index (χ0) is 0. The van der Waals surface area contributed by atoms with E-state index in [1.165, 1.54) is 0 Å². The molecule has 0 N–H and O–H groups in total. The second-order valence-corrected chi connectivity index (χ2v) is 0. The maximum Gasteiger partial charge on any atom is 0 e. The van der Waals surface area contributed by atoms with Crippen molar-refractivity contribution in [2.45, 2.75) is 0 Å². The van der Waals surface area contributed by atoms with E-state index in [-0.39, 0.29) is 133 Å². The van der Waals surface area contributed by atoms with Crippen molar-refractivity contribution in [1.29, 1.82) is 0 Å². The Labute approximate surface area is 129 Å². The first-order valence-corrected chi connectivity index (χ1v) is 0. The quantitative estimate of drug-likeness (QED) is 0.514. The third kappa shape index (κ3) is 17.8. The molecule has 5 heavy (non-hydrogen) atoms. The molecule has 0 aliphatic heterocycles. The van der Waals surface area contributed by atoms with Gasteiger partial charge in [0.25, 0.3) is 0 Å². The summed E-state index contributed by atoms with van der Waals surface area (Å²) >= 11 is 0. The van der Waals surface area contributed by atoms with E-state index in [0.717, 1.165) is 0 Å². The van der Waals surface area contributed by atoms with Gasteiger partial charge in [-0.05, 0) is 0 Å². The minimum atomic E-state index is 0. The molecule has 0 aliphatic carbocycles. The molecule has 0 fully saturated rings. The van der Waals surface area contributed by atoms with Crippen LogP contribution in [0.4, 0.5) is 0 Å². The minimum absolute atomic E-state index is 0. The molecule has 0 aliphatic rings. The van der Waals surface area contributed by atoms with Crippen LogP contribution in [0.1, 0.15) is 0 Å². The molecule has 0 heterocycles. The summed E-state index contributed by atoms with van der Waals surface area (Å²) in [6.07, 6.45) is 0. The Kier molecular flexibility index (Phi) is 163. The second kappa shape index (κ2) is 23.8. The van der Waals surface area contributed by atoms with Crippen LogP contribution in [-0.2, 0) is 98.1 Å². The van der Waals surface area contributed by atoms with Crippen molar-refractivity contribution >= 4 is 34.7 Å². The van der Waals surface area contributed by atoms with Gasteiger partial charge in [0, 0.05) is 133 Å². The first kappa shape index (κ1) is 34.3. The monoisotopic (exact) mass is 321 g/mol. The van der Waals surface area contributed by atoms with Gasteiger partial charge in [-0.15, -0.1) is 0 Å². The summed E-state index contributed by atoms with van der Waals surface area (Å²) in [7, 11) is 0. The van der Waals surface area contributed by atoms with Gasteiger partial charge in [-0.2, -0.15) is 0 Å². The van der Waals surface area contributed by atoms with Gasteiger partial charge in [0.05, 0.1) is 0 Å². The molecule has 0 unspecified atom stereocenters. The largest absolute Gasteiger partial charge is 0 e. The molecule has 0 spiro atoms. The average Bonchev–Trinajstić information content (AvgIpc) is 0. The average molecular weight is 321 g/mol. The SMILES string of the molecule is [Al].[Al].[Y].[Y].[Y]. The molecule has 15 valence electrons. The Morgan fingerprint density at radius 1 is 0.400 bits per heavy atom. The van der Waals surface area contributed by atoms with Gasteiger partial charge in [-0.3, -0.25) is 0 Å². The molecule has 0 atom stereocenters. The van der Waals surface area contributed by atoms with Gasteiger partial charge in [-0.25, -0.2) is 0 Å². The fourth-order valence-electron chi connectivity index (χ4n) is 0. The van der Waals surface area contributed by atoms with Crippen LogP contribution in [0.2, 0.25) is 0 Å². The molecule has 0 aromatic rings. The molecule has 0 rings (SSSR count). The number of rotatable bonds is 0. The Bertz CT molecular complexity index is 4.85. The first-order valence-electron chi connectivity index (χ1n) is 0. The number of hydrogen-bond donors (Lipinski definition) is 0. The number of hydrogen-bond acceptors (Lipinski definition) is 0. The predicted molar refractivity (Wildman–Crippen MR) is 11.5 cm³/mol. The smallest absolute Gasteiger partial charge is 0 e. The molecular formula is Al2Y3. The van der Waals surface area contributed by atoms with Crippen molar-refractivity contribution in [3.63, 3.8) is 0 Å². The molecule has 5 heteroatoms. The van der Waals surface area contributed by atoms with Crippen molar-refractivity contribution in [3.05, 3.63) is 0 Å². The summed E-state index contributed by atoms with van der Waals surface area (Å²) in [5.41, 5.74) is 0. The van der Waals surface area contributed by atoms with Crippen LogP contribution in [0.3, 0.4) is 0 Å². The summed E-state index contributed by atoms with van der Waals surface area (Å²) in [5, 5.41) is 0. The summed E-state index contributed by atoms with van der Waals surface area (Å²) < 4.78 is 0. The Morgan fingerprint density at radius 2 is 0.400 bits per heavy atom. The van der Waals surface area contributed by atoms with Gasteiger partial charge in [0.2, 0.25) is 0 Å². The van der Waals surface area contributed by atoms with E-state index >= 15 is 0 Å². The van der Waals surface area contributed by atoms with E-state index in [9.17, 15) is 0 Å². The van der Waals surface area contributed by atoms with Crippen molar-refractivity contribution < 1.29 is 98.1 Å². The van der Waals surface area contributed by atoms with Crippen molar-refractivity contribution in [3.8, 4) is 0 Å². The normalized spacial score (nSPS) is 0. The van der Waals surface area contributed by atoms with Crippen molar-refractivity contribution in [1.82, 2.24) is 0 Å². The molecule has 0 saturated carbocycles. The third-order valence-corrected chi connectivity index (χ3v) is 0. The maximum atomic E-state index is 0. The zero-order valence-electron chi connectivity index (χ0n) is 2.89. The predicted octanol–water partition coefficient (Wildman–Crippen LogP) is -0.769. The van der Waals surface area contributed by atoms with E-state index in [1.807, 2.05) is 0 Å². The summed E-state index contributed by atoms with van der Waals surface area (Å²) in [6.45, 7) is 0. The van der Waals surface area contributed by atoms with E-state index in [1.54, 1.807) is 0 Å². The van der Waals surface area contributed by atoms with E-state index in [4.69, 9.17) is 0 Å². The van der Waals surface area contributed by atoms with Crippen LogP contribution in [0.5, 0.6) is 0 Å². The molecule has 0 aromatic heterocycles. The summed E-state index contributed by atoms with van der Waals surface area (Å²) in [4.78, 5) is 0. The van der Waals surface area contributed by atoms with Gasteiger partial charge in [-0.1, -0.05) is 0 Å². The zero-order valence-corrected chi connectivity index (χ0v) is 13.7. The van der Waals surface area contributed by atoms with Gasteiger partial charge in [0.15, 0.2) is 0 Å². The molecule has 0 saturated heterocycles. The van der Waals surface area contributed by atoms with Gasteiger partial charge in [0.1, 0.15) is 0 Å². The molecule has 0 nitrogen and oxygen atoms in total. The Balaban J connectivity index is 0. The summed E-state index contributed by atoms with van der Waals surface area (Å²) in [6, 6.07) is 0. The fourth-order valence-corrected chi connectivity index (χ4v) is 0. The van der Waals surface area contributed by atoms with Crippen LogP contribution in [0, 0.1) is 0 Å². The van der Waals surface area contributed by atoms with Gasteiger partial charge < -0.3 is 0 Å².